The fourth-order valence-corrected chi connectivity index (χ4v) is 1.46. The molecule has 4 nitrogen and oxygen atoms in total. The maximum atomic E-state index is 5.16. The van der Waals surface area contributed by atoms with Crippen LogP contribution in [0, 0.1) is 5.92 Å². The molecule has 0 saturated carbocycles. The number of hydrogen-bond donors (Lipinski definition) is 1. The summed E-state index contributed by atoms with van der Waals surface area (Å²) in [4.78, 5) is 8.41. The molecule has 1 unspecified atom stereocenters. The van der Waals surface area contributed by atoms with Gasteiger partial charge in [-0.15, -0.1) is 0 Å². The van der Waals surface area contributed by atoms with E-state index in [1.165, 1.54) is 0 Å². The fourth-order valence-electron chi connectivity index (χ4n) is 1.46. The Labute approximate surface area is 91.1 Å². The summed E-state index contributed by atoms with van der Waals surface area (Å²) in [6, 6.07) is 0. The van der Waals surface area contributed by atoms with Gasteiger partial charge in [0.2, 0.25) is 5.88 Å². The van der Waals surface area contributed by atoms with E-state index in [2.05, 4.69) is 29.1 Å². The molecule has 0 aliphatic heterocycles. The van der Waals surface area contributed by atoms with Gasteiger partial charge < -0.3 is 10.1 Å². The van der Waals surface area contributed by atoms with Crippen LogP contribution in [0.1, 0.15) is 19.5 Å². The van der Waals surface area contributed by atoms with Crippen LogP contribution in [0.4, 0.5) is 0 Å². The molecule has 1 rings (SSSR count). The second-order valence-corrected chi connectivity index (χ2v) is 3.63. The molecular formula is C11H19N3O. The molecule has 0 aliphatic carbocycles. The fraction of sp³-hybridized carbons (Fsp3) is 0.636. The van der Waals surface area contributed by atoms with Gasteiger partial charge in [0.1, 0.15) is 5.69 Å². The monoisotopic (exact) mass is 209 g/mol. The molecule has 1 atom stereocenters. The molecule has 1 aromatic heterocycles. The number of aromatic nitrogens is 2. The van der Waals surface area contributed by atoms with Gasteiger partial charge in [-0.05, 0) is 25.4 Å². The predicted molar refractivity (Wildman–Crippen MR) is 60.0 cm³/mol. The SMILES string of the molecule is CCNCC(C)Cc1nccnc1OC. The topological polar surface area (TPSA) is 47.0 Å². The Kier molecular flexibility index (Phi) is 5.04. The van der Waals surface area contributed by atoms with Crippen LogP contribution in [0.2, 0.25) is 0 Å². The Morgan fingerprint density at radius 3 is 2.80 bits per heavy atom. The van der Waals surface area contributed by atoms with Crippen molar-refractivity contribution in [2.75, 3.05) is 20.2 Å². The Bertz CT molecular complexity index is 291. The molecule has 1 aromatic rings. The minimum Gasteiger partial charge on any atom is -0.480 e. The molecule has 0 spiro atoms. The lowest BCUT2D eigenvalue weighted by Crippen LogP contribution is -2.22. The normalized spacial score (nSPS) is 12.5. The summed E-state index contributed by atoms with van der Waals surface area (Å²) >= 11 is 0. The average molecular weight is 209 g/mol. The zero-order valence-corrected chi connectivity index (χ0v) is 9.66. The summed E-state index contributed by atoms with van der Waals surface area (Å²) in [5.41, 5.74) is 0.936. The number of ether oxygens (including phenoxy) is 1. The highest BCUT2D eigenvalue weighted by Crippen LogP contribution is 2.14. The van der Waals surface area contributed by atoms with Crippen LogP contribution in [0.3, 0.4) is 0 Å². The number of nitrogens with one attached hydrogen (secondary N) is 1. The minimum absolute atomic E-state index is 0.538. The summed E-state index contributed by atoms with van der Waals surface area (Å²) < 4.78 is 5.16. The molecule has 0 radical (unpaired) electrons. The van der Waals surface area contributed by atoms with E-state index in [0.29, 0.717) is 11.8 Å². The number of methoxy groups -OCH3 is 1. The third kappa shape index (κ3) is 3.83. The van der Waals surface area contributed by atoms with Crippen LogP contribution in [0.5, 0.6) is 5.88 Å². The van der Waals surface area contributed by atoms with Gasteiger partial charge in [-0.2, -0.15) is 0 Å². The summed E-state index contributed by atoms with van der Waals surface area (Å²) in [5.74, 6) is 1.18. The second-order valence-electron chi connectivity index (χ2n) is 3.63. The first-order chi connectivity index (χ1) is 7.27. The van der Waals surface area contributed by atoms with Crippen LogP contribution in [-0.2, 0) is 6.42 Å². The molecule has 0 aliphatic rings. The van der Waals surface area contributed by atoms with Crippen LogP contribution in [-0.4, -0.2) is 30.2 Å². The van der Waals surface area contributed by atoms with Crippen molar-refractivity contribution in [2.45, 2.75) is 20.3 Å². The lowest BCUT2D eigenvalue weighted by Gasteiger charge is -2.12. The van der Waals surface area contributed by atoms with E-state index < -0.39 is 0 Å². The maximum absolute atomic E-state index is 5.16. The lowest BCUT2D eigenvalue weighted by molar-refractivity contribution is 0.383. The van der Waals surface area contributed by atoms with Gasteiger partial charge in [0.05, 0.1) is 7.11 Å². The molecule has 0 fully saturated rings. The molecule has 0 amide bonds. The third-order valence-electron chi connectivity index (χ3n) is 2.21. The highest BCUT2D eigenvalue weighted by Gasteiger charge is 2.09. The first kappa shape index (κ1) is 11.9. The van der Waals surface area contributed by atoms with Crippen molar-refractivity contribution in [2.24, 2.45) is 5.92 Å². The Balaban J connectivity index is 2.55. The Hall–Kier alpha value is -1.16. The lowest BCUT2D eigenvalue weighted by atomic mass is 10.1. The molecule has 1 N–H and O–H groups in total. The first-order valence-electron chi connectivity index (χ1n) is 5.32. The highest BCUT2D eigenvalue weighted by molar-refractivity contribution is 5.17. The van der Waals surface area contributed by atoms with Crippen molar-refractivity contribution in [3.8, 4) is 5.88 Å². The molecule has 0 bridgehead atoms. The first-order valence-corrected chi connectivity index (χ1v) is 5.32. The zero-order valence-electron chi connectivity index (χ0n) is 9.66. The van der Waals surface area contributed by atoms with E-state index in [4.69, 9.17) is 4.74 Å². The van der Waals surface area contributed by atoms with Crippen LogP contribution < -0.4 is 10.1 Å². The van der Waals surface area contributed by atoms with Crippen molar-refractivity contribution >= 4 is 0 Å². The van der Waals surface area contributed by atoms with E-state index in [-0.39, 0.29) is 0 Å². The predicted octanol–water partition coefficient (Wildman–Crippen LogP) is 1.27. The Morgan fingerprint density at radius 1 is 1.40 bits per heavy atom. The van der Waals surface area contributed by atoms with Crippen LogP contribution in [0.25, 0.3) is 0 Å². The van der Waals surface area contributed by atoms with Gasteiger partial charge in [-0.25, -0.2) is 4.98 Å². The number of nitrogens with zero attached hydrogens (tertiary/aromatic N) is 2. The molecule has 15 heavy (non-hydrogen) atoms. The minimum atomic E-state index is 0.538. The zero-order chi connectivity index (χ0) is 11.1. The van der Waals surface area contributed by atoms with Crippen molar-refractivity contribution in [3.05, 3.63) is 18.1 Å². The van der Waals surface area contributed by atoms with Crippen molar-refractivity contribution < 1.29 is 4.74 Å². The largest absolute Gasteiger partial charge is 0.480 e. The van der Waals surface area contributed by atoms with Gasteiger partial charge in [0.15, 0.2) is 0 Å². The standard InChI is InChI=1S/C11H19N3O/c1-4-12-8-9(2)7-10-11(15-3)14-6-5-13-10/h5-6,9,12H,4,7-8H2,1-3H3. The van der Waals surface area contributed by atoms with E-state index in [1.54, 1.807) is 19.5 Å². The van der Waals surface area contributed by atoms with Gasteiger partial charge in [0, 0.05) is 12.4 Å². The quantitative estimate of drug-likeness (QED) is 0.766. The van der Waals surface area contributed by atoms with Crippen LogP contribution >= 0.6 is 0 Å². The highest BCUT2D eigenvalue weighted by atomic mass is 16.5. The Morgan fingerprint density at radius 2 is 2.13 bits per heavy atom. The third-order valence-corrected chi connectivity index (χ3v) is 2.21. The number of rotatable bonds is 6. The van der Waals surface area contributed by atoms with E-state index in [1.807, 2.05) is 0 Å². The molecule has 0 aromatic carbocycles. The summed E-state index contributed by atoms with van der Waals surface area (Å²) in [6.45, 7) is 6.30. The molecule has 0 saturated heterocycles. The number of hydrogen-bond acceptors (Lipinski definition) is 4. The summed E-state index contributed by atoms with van der Waals surface area (Å²) in [6.07, 6.45) is 4.25. The summed E-state index contributed by atoms with van der Waals surface area (Å²) in [5, 5.41) is 3.32. The van der Waals surface area contributed by atoms with Crippen LogP contribution in [0.15, 0.2) is 12.4 Å². The molecule has 4 heteroatoms. The van der Waals surface area contributed by atoms with Crippen molar-refractivity contribution in [1.29, 1.82) is 0 Å². The molecule has 1 heterocycles. The van der Waals surface area contributed by atoms with Gasteiger partial charge in [-0.3, -0.25) is 4.98 Å². The van der Waals surface area contributed by atoms with Gasteiger partial charge in [-0.1, -0.05) is 13.8 Å². The van der Waals surface area contributed by atoms with E-state index in [0.717, 1.165) is 25.2 Å². The maximum Gasteiger partial charge on any atom is 0.235 e. The van der Waals surface area contributed by atoms with Crippen molar-refractivity contribution in [1.82, 2.24) is 15.3 Å². The summed E-state index contributed by atoms with van der Waals surface area (Å²) in [7, 11) is 1.63. The molecule has 84 valence electrons. The molecular weight excluding hydrogens is 190 g/mol. The average Bonchev–Trinajstić information content (AvgIpc) is 2.27. The van der Waals surface area contributed by atoms with E-state index in [9.17, 15) is 0 Å². The second kappa shape index (κ2) is 6.35. The van der Waals surface area contributed by atoms with Gasteiger partial charge in [0.25, 0.3) is 0 Å². The van der Waals surface area contributed by atoms with Gasteiger partial charge >= 0.3 is 0 Å². The van der Waals surface area contributed by atoms with Crippen molar-refractivity contribution in [3.63, 3.8) is 0 Å². The smallest absolute Gasteiger partial charge is 0.235 e. The van der Waals surface area contributed by atoms with E-state index >= 15 is 0 Å².